The van der Waals surface area contributed by atoms with Crippen molar-refractivity contribution in [1.82, 2.24) is 15.3 Å². The first-order valence-electron chi connectivity index (χ1n) is 6.48. The van der Waals surface area contributed by atoms with E-state index in [0.29, 0.717) is 0 Å². The van der Waals surface area contributed by atoms with Crippen LogP contribution in [0.2, 0.25) is 0 Å². The normalized spacial score (nSPS) is 19.9. The monoisotopic (exact) mass is 259 g/mol. The Hall–Kier alpha value is -1.26. The summed E-state index contributed by atoms with van der Waals surface area (Å²) in [5.74, 6) is 0.751. The van der Waals surface area contributed by atoms with E-state index in [4.69, 9.17) is 4.98 Å². The molecule has 3 nitrogen and oxygen atoms in total. The summed E-state index contributed by atoms with van der Waals surface area (Å²) >= 11 is 1.76. The molecule has 4 heteroatoms. The van der Waals surface area contributed by atoms with Gasteiger partial charge in [-0.2, -0.15) is 0 Å². The Morgan fingerprint density at radius 1 is 1.33 bits per heavy atom. The van der Waals surface area contributed by atoms with Crippen LogP contribution in [0, 0.1) is 5.92 Å². The van der Waals surface area contributed by atoms with Gasteiger partial charge in [0.2, 0.25) is 0 Å². The van der Waals surface area contributed by atoms with E-state index in [9.17, 15) is 0 Å². The summed E-state index contributed by atoms with van der Waals surface area (Å²) in [6.45, 7) is 2.31. The number of hydrogen-bond donors (Lipinski definition) is 1. The van der Waals surface area contributed by atoms with Crippen LogP contribution in [-0.2, 0) is 6.42 Å². The van der Waals surface area contributed by atoms with Crippen molar-refractivity contribution in [3.05, 3.63) is 34.8 Å². The Balaban J connectivity index is 1.69. The lowest BCUT2D eigenvalue weighted by Gasteiger charge is -2.21. The highest BCUT2D eigenvalue weighted by Crippen LogP contribution is 2.23. The van der Waals surface area contributed by atoms with Crippen LogP contribution in [0.25, 0.3) is 11.4 Å². The molecule has 18 heavy (non-hydrogen) atoms. The van der Waals surface area contributed by atoms with Crippen LogP contribution in [0.1, 0.15) is 17.8 Å². The van der Waals surface area contributed by atoms with E-state index in [1.54, 1.807) is 11.3 Å². The molecule has 1 aliphatic rings. The number of hydrogen-bond acceptors (Lipinski definition) is 4. The molecule has 0 radical (unpaired) electrons. The molecule has 94 valence electrons. The Labute approximate surface area is 111 Å². The van der Waals surface area contributed by atoms with E-state index in [1.165, 1.54) is 24.4 Å². The van der Waals surface area contributed by atoms with Crippen molar-refractivity contribution in [3.8, 4) is 11.4 Å². The Kier molecular flexibility index (Phi) is 3.67. The van der Waals surface area contributed by atoms with Crippen molar-refractivity contribution in [2.75, 3.05) is 13.1 Å². The molecular formula is C14H17N3S. The van der Waals surface area contributed by atoms with Crippen molar-refractivity contribution in [3.63, 3.8) is 0 Å². The fourth-order valence-electron chi connectivity index (χ4n) is 2.38. The molecule has 0 saturated carbocycles. The fraction of sp³-hybridized carbons (Fsp3) is 0.429. The summed E-state index contributed by atoms with van der Waals surface area (Å²) in [5.41, 5.74) is 1.99. The third kappa shape index (κ3) is 2.76. The number of rotatable bonds is 3. The van der Waals surface area contributed by atoms with Crippen molar-refractivity contribution in [2.24, 2.45) is 5.92 Å². The zero-order valence-electron chi connectivity index (χ0n) is 10.3. The van der Waals surface area contributed by atoms with Crippen LogP contribution in [0.15, 0.2) is 29.8 Å². The number of pyridine rings is 1. The molecule has 3 heterocycles. The summed E-state index contributed by atoms with van der Waals surface area (Å²) in [7, 11) is 0. The van der Waals surface area contributed by atoms with Crippen LogP contribution >= 0.6 is 11.3 Å². The lowest BCUT2D eigenvalue weighted by atomic mass is 9.97. The van der Waals surface area contributed by atoms with Crippen molar-refractivity contribution in [2.45, 2.75) is 19.3 Å². The highest BCUT2D eigenvalue weighted by atomic mass is 32.1. The van der Waals surface area contributed by atoms with E-state index in [0.717, 1.165) is 30.3 Å². The largest absolute Gasteiger partial charge is 0.316 e. The van der Waals surface area contributed by atoms with Gasteiger partial charge in [-0.25, -0.2) is 4.98 Å². The summed E-state index contributed by atoms with van der Waals surface area (Å²) < 4.78 is 0. The molecule has 0 amide bonds. The topological polar surface area (TPSA) is 37.8 Å². The maximum absolute atomic E-state index is 4.70. The minimum atomic E-state index is 0.751. The maximum atomic E-state index is 4.70. The third-order valence-electron chi connectivity index (χ3n) is 3.34. The lowest BCUT2D eigenvalue weighted by Crippen LogP contribution is -2.30. The van der Waals surface area contributed by atoms with Crippen molar-refractivity contribution >= 4 is 11.3 Å². The lowest BCUT2D eigenvalue weighted by molar-refractivity contribution is 0.376. The van der Waals surface area contributed by atoms with Gasteiger partial charge >= 0.3 is 0 Å². The standard InChI is InChI=1S/C14H17N3S/c1-2-7-16-12(5-1)13-10-18-14(17-13)8-11-4-3-6-15-9-11/h1-2,5,7,10-11,15H,3-4,6,8-9H2. The molecule has 1 atom stereocenters. The zero-order chi connectivity index (χ0) is 12.2. The molecular weight excluding hydrogens is 242 g/mol. The molecule has 0 aromatic carbocycles. The predicted octanol–water partition coefficient (Wildman–Crippen LogP) is 2.75. The van der Waals surface area contributed by atoms with Gasteiger partial charge in [0.25, 0.3) is 0 Å². The van der Waals surface area contributed by atoms with Crippen LogP contribution < -0.4 is 5.32 Å². The van der Waals surface area contributed by atoms with E-state index < -0.39 is 0 Å². The van der Waals surface area contributed by atoms with Crippen molar-refractivity contribution < 1.29 is 0 Å². The van der Waals surface area contributed by atoms with Crippen molar-refractivity contribution in [1.29, 1.82) is 0 Å². The maximum Gasteiger partial charge on any atom is 0.0998 e. The van der Waals surface area contributed by atoms with Crippen LogP contribution in [0.5, 0.6) is 0 Å². The first-order valence-corrected chi connectivity index (χ1v) is 7.36. The fourth-order valence-corrected chi connectivity index (χ4v) is 3.29. The summed E-state index contributed by atoms with van der Waals surface area (Å²) in [6.07, 6.45) is 5.54. The number of aromatic nitrogens is 2. The first kappa shape index (κ1) is 11.8. The quantitative estimate of drug-likeness (QED) is 0.921. The molecule has 1 saturated heterocycles. The summed E-state index contributed by atoms with van der Waals surface area (Å²) in [4.78, 5) is 9.04. The van der Waals surface area contributed by atoms with Crippen LogP contribution in [0.4, 0.5) is 0 Å². The molecule has 1 unspecified atom stereocenters. The average Bonchev–Trinajstić information content (AvgIpc) is 2.89. The molecule has 2 aromatic rings. The molecule has 1 fully saturated rings. The van der Waals surface area contributed by atoms with Gasteiger partial charge in [0, 0.05) is 18.0 Å². The minimum Gasteiger partial charge on any atom is -0.316 e. The number of thiazole rings is 1. The van der Waals surface area contributed by atoms with Gasteiger partial charge in [-0.15, -0.1) is 11.3 Å². The molecule has 0 aliphatic carbocycles. The highest BCUT2D eigenvalue weighted by Gasteiger charge is 2.15. The number of nitrogens with one attached hydrogen (secondary N) is 1. The van der Waals surface area contributed by atoms with Gasteiger partial charge < -0.3 is 5.32 Å². The summed E-state index contributed by atoms with van der Waals surface area (Å²) in [5, 5.41) is 6.82. The molecule has 2 aromatic heterocycles. The summed E-state index contributed by atoms with van der Waals surface area (Å²) in [6, 6.07) is 5.96. The average molecular weight is 259 g/mol. The predicted molar refractivity (Wildman–Crippen MR) is 74.6 cm³/mol. The second-order valence-corrected chi connectivity index (χ2v) is 5.70. The van der Waals surface area contributed by atoms with Crippen LogP contribution in [0.3, 0.4) is 0 Å². The van der Waals surface area contributed by atoms with E-state index in [1.807, 2.05) is 24.4 Å². The molecule has 1 N–H and O–H groups in total. The van der Waals surface area contributed by atoms with Gasteiger partial charge in [0.05, 0.1) is 16.4 Å². The number of nitrogens with zero attached hydrogens (tertiary/aromatic N) is 2. The highest BCUT2D eigenvalue weighted by molar-refractivity contribution is 7.09. The SMILES string of the molecule is c1ccc(-c2csc(CC3CCCNC3)n2)nc1. The smallest absolute Gasteiger partial charge is 0.0998 e. The minimum absolute atomic E-state index is 0.751. The molecule has 0 spiro atoms. The Bertz CT molecular complexity index is 489. The van der Waals surface area contributed by atoms with Gasteiger partial charge in [0.15, 0.2) is 0 Å². The van der Waals surface area contributed by atoms with Crippen LogP contribution in [-0.4, -0.2) is 23.1 Å². The molecule has 0 bridgehead atoms. The van der Waals surface area contributed by atoms with E-state index >= 15 is 0 Å². The van der Waals surface area contributed by atoms with Gasteiger partial charge in [-0.1, -0.05) is 6.07 Å². The van der Waals surface area contributed by atoms with Gasteiger partial charge in [-0.05, 0) is 44.0 Å². The van der Waals surface area contributed by atoms with Gasteiger partial charge in [-0.3, -0.25) is 4.98 Å². The second kappa shape index (κ2) is 5.59. The zero-order valence-corrected chi connectivity index (χ0v) is 11.1. The van der Waals surface area contributed by atoms with E-state index in [-0.39, 0.29) is 0 Å². The first-order chi connectivity index (χ1) is 8.92. The Morgan fingerprint density at radius 3 is 3.11 bits per heavy atom. The molecule has 3 rings (SSSR count). The number of piperidine rings is 1. The van der Waals surface area contributed by atoms with Gasteiger partial charge in [0.1, 0.15) is 0 Å². The third-order valence-corrected chi connectivity index (χ3v) is 4.21. The van der Waals surface area contributed by atoms with E-state index in [2.05, 4.69) is 15.7 Å². The molecule has 1 aliphatic heterocycles. The Morgan fingerprint density at radius 2 is 2.33 bits per heavy atom. The second-order valence-electron chi connectivity index (χ2n) is 4.76.